The first-order valence-corrected chi connectivity index (χ1v) is 3.79. The fourth-order valence-corrected chi connectivity index (χ4v) is 1.06. The van der Waals surface area contributed by atoms with Gasteiger partial charge in [-0.15, -0.1) is 12.4 Å². The van der Waals surface area contributed by atoms with E-state index in [1.165, 1.54) is 6.07 Å². The summed E-state index contributed by atoms with van der Waals surface area (Å²) in [6, 6.07) is 4.72. The molecule has 0 amide bonds. The van der Waals surface area contributed by atoms with Crippen LogP contribution in [0.4, 0.5) is 4.39 Å². The van der Waals surface area contributed by atoms with Crippen molar-refractivity contribution in [2.24, 2.45) is 5.90 Å². The second kappa shape index (κ2) is 5.48. The van der Waals surface area contributed by atoms with E-state index in [1.54, 1.807) is 12.1 Å². The third-order valence-corrected chi connectivity index (χ3v) is 1.75. The van der Waals surface area contributed by atoms with Gasteiger partial charge in [0, 0.05) is 10.0 Å². The quantitative estimate of drug-likeness (QED) is 0.825. The predicted molar refractivity (Wildman–Crippen MR) is 50.3 cm³/mol. The SMILES string of the molecule is Cl.NOCc1ccc(Br)cc1F. The lowest BCUT2D eigenvalue weighted by atomic mass is 10.2. The number of hydrogen-bond donors (Lipinski definition) is 1. The van der Waals surface area contributed by atoms with Crippen LogP contribution in [0.3, 0.4) is 0 Å². The zero-order valence-electron chi connectivity index (χ0n) is 6.09. The normalized spacial score (nSPS) is 9.25. The smallest absolute Gasteiger partial charge is 0.129 e. The van der Waals surface area contributed by atoms with Crippen LogP contribution in [0, 0.1) is 5.82 Å². The minimum absolute atomic E-state index is 0. The van der Waals surface area contributed by atoms with E-state index in [4.69, 9.17) is 5.90 Å². The van der Waals surface area contributed by atoms with Gasteiger partial charge >= 0.3 is 0 Å². The second-order valence-electron chi connectivity index (χ2n) is 2.05. The molecule has 1 aromatic carbocycles. The molecule has 68 valence electrons. The number of halogens is 3. The molecule has 5 heteroatoms. The lowest BCUT2D eigenvalue weighted by molar-refractivity contribution is 0.121. The van der Waals surface area contributed by atoms with Crippen molar-refractivity contribution in [1.82, 2.24) is 0 Å². The molecule has 0 fully saturated rings. The molecule has 0 unspecified atom stereocenters. The highest BCUT2D eigenvalue weighted by Crippen LogP contribution is 2.15. The molecule has 1 rings (SSSR count). The minimum Gasteiger partial charge on any atom is -0.300 e. The van der Waals surface area contributed by atoms with Gasteiger partial charge in [0.25, 0.3) is 0 Å². The summed E-state index contributed by atoms with van der Waals surface area (Å²) in [4.78, 5) is 4.29. The standard InChI is InChI=1S/C7H7BrFNO.ClH/c8-6-2-1-5(4-11-10)7(9)3-6;/h1-3H,4,10H2;1H. The lowest BCUT2D eigenvalue weighted by Crippen LogP contribution is -2.00. The van der Waals surface area contributed by atoms with E-state index in [0.29, 0.717) is 10.0 Å². The summed E-state index contributed by atoms with van der Waals surface area (Å²) in [5.74, 6) is 4.47. The summed E-state index contributed by atoms with van der Waals surface area (Å²) in [5.41, 5.74) is 0.454. The number of rotatable bonds is 2. The summed E-state index contributed by atoms with van der Waals surface area (Å²) in [6.07, 6.45) is 0. The first-order chi connectivity index (χ1) is 5.24. The second-order valence-corrected chi connectivity index (χ2v) is 2.96. The maximum atomic E-state index is 12.9. The summed E-state index contributed by atoms with van der Waals surface area (Å²) in [6.45, 7) is 0.0963. The van der Waals surface area contributed by atoms with Crippen LogP contribution >= 0.6 is 28.3 Å². The van der Waals surface area contributed by atoms with Crippen LogP contribution in [0.15, 0.2) is 22.7 Å². The van der Waals surface area contributed by atoms with Gasteiger partial charge < -0.3 is 0 Å². The van der Waals surface area contributed by atoms with Crippen molar-refractivity contribution in [3.05, 3.63) is 34.1 Å². The Morgan fingerprint density at radius 2 is 2.17 bits per heavy atom. The molecule has 2 N–H and O–H groups in total. The molecule has 0 bridgehead atoms. The van der Waals surface area contributed by atoms with Gasteiger partial charge in [-0.25, -0.2) is 10.3 Å². The Labute approximate surface area is 84.4 Å². The van der Waals surface area contributed by atoms with Crippen molar-refractivity contribution in [3.8, 4) is 0 Å². The number of nitrogens with two attached hydrogens (primary N) is 1. The summed E-state index contributed by atoms with van der Waals surface area (Å²) < 4.78 is 13.6. The van der Waals surface area contributed by atoms with E-state index < -0.39 is 0 Å². The maximum absolute atomic E-state index is 12.9. The summed E-state index contributed by atoms with van der Waals surface area (Å²) in [7, 11) is 0. The fraction of sp³-hybridized carbons (Fsp3) is 0.143. The molecule has 0 aliphatic carbocycles. The van der Waals surface area contributed by atoms with Crippen LogP contribution in [-0.2, 0) is 11.4 Å². The third-order valence-electron chi connectivity index (χ3n) is 1.25. The van der Waals surface area contributed by atoms with Crippen LogP contribution in [0.2, 0.25) is 0 Å². The van der Waals surface area contributed by atoms with Gasteiger partial charge in [-0.05, 0) is 12.1 Å². The zero-order valence-corrected chi connectivity index (χ0v) is 8.49. The molecule has 2 nitrogen and oxygen atoms in total. The predicted octanol–water partition coefficient (Wildman–Crippen LogP) is 2.40. The summed E-state index contributed by atoms with van der Waals surface area (Å²) in [5, 5.41) is 0. The van der Waals surface area contributed by atoms with E-state index in [2.05, 4.69) is 20.8 Å². The van der Waals surface area contributed by atoms with Gasteiger partial charge in [-0.2, -0.15) is 0 Å². The van der Waals surface area contributed by atoms with Crippen molar-refractivity contribution in [1.29, 1.82) is 0 Å². The van der Waals surface area contributed by atoms with Crippen LogP contribution < -0.4 is 5.90 Å². The molecule has 0 aliphatic rings. The van der Waals surface area contributed by atoms with Gasteiger partial charge in [0.1, 0.15) is 5.82 Å². The first kappa shape index (κ1) is 11.8. The third kappa shape index (κ3) is 3.06. The Balaban J connectivity index is 0.00000121. The molecule has 0 spiro atoms. The molecular formula is C7H8BrClFNO. The highest BCUT2D eigenvalue weighted by Gasteiger charge is 2.00. The summed E-state index contributed by atoms with van der Waals surface area (Å²) >= 11 is 3.14. The molecule has 12 heavy (non-hydrogen) atoms. The van der Waals surface area contributed by atoms with Gasteiger partial charge in [-0.3, -0.25) is 4.84 Å². The average Bonchev–Trinajstić information content (AvgIpc) is 1.95. The van der Waals surface area contributed by atoms with Crippen molar-refractivity contribution < 1.29 is 9.23 Å². The van der Waals surface area contributed by atoms with Crippen molar-refractivity contribution >= 4 is 28.3 Å². The van der Waals surface area contributed by atoms with E-state index in [0.717, 1.165) is 0 Å². The zero-order chi connectivity index (χ0) is 8.27. The number of hydrogen-bond acceptors (Lipinski definition) is 2. The molecule has 0 radical (unpaired) electrons. The van der Waals surface area contributed by atoms with Crippen molar-refractivity contribution in [2.75, 3.05) is 0 Å². The van der Waals surface area contributed by atoms with Crippen LogP contribution in [0.5, 0.6) is 0 Å². The molecule has 0 atom stereocenters. The lowest BCUT2D eigenvalue weighted by Gasteiger charge is -2.00. The van der Waals surface area contributed by atoms with Gasteiger partial charge in [0.2, 0.25) is 0 Å². The van der Waals surface area contributed by atoms with E-state index in [1.807, 2.05) is 0 Å². The highest BCUT2D eigenvalue weighted by molar-refractivity contribution is 9.10. The number of benzene rings is 1. The maximum Gasteiger partial charge on any atom is 0.129 e. The largest absolute Gasteiger partial charge is 0.300 e. The molecular weight excluding hydrogens is 248 g/mol. The Kier molecular flexibility index (Phi) is 5.41. The van der Waals surface area contributed by atoms with Crippen molar-refractivity contribution in [3.63, 3.8) is 0 Å². The van der Waals surface area contributed by atoms with Crippen molar-refractivity contribution in [2.45, 2.75) is 6.61 Å². The highest BCUT2D eigenvalue weighted by atomic mass is 79.9. The first-order valence-electron chi connectivity index (χ1n) is 2.99. The molecule has 0 aliphatic heterocycles. The van der Waals surface area contributed by atoms with E-state index in [9.17, 15) is 4.39 Å². The monoisotopic (exact) mass is 255 g/mol. The molecule has 0 heterocycles. The van der Waals surface area contributed by atoms with Crippen LogP contribution in [0.25, 0.3) is 0 Å². The Morgan fingerprint density at radius 1 is 1.50 bits per heavy atom. The molecule has 1 aromatic rings. The van der Waals surface area contributed by atoms with Gasteiger partial charge in [0.05, 0.1) is 6.61 Å². The fourth-order valence-electron chi connectivity index (χ4n) is 0.729. The molecule has 0 saturated carbocycles. The topological polar surface area (TPSA) is 35.2 Å². The van der Waals surface area contributed by atoms with Crippen LogP contribution in [-0.4, -0.2) is 0 Å². The Hall–Kier alpha value is -0.160. The van der Waals surface area contributed by atoms with Gasteiger partial charge in [-0.1, -0.05) is 22.0 Å². The average molecular weight is 257 g/mol. The minimum atomic E-state index is -0.315. The van der Waals surface area contributed by atoms with Crippen LogP contribution in [0.1, 0.15) is 5.56 Å². The van der Waals surface area contributed by atoms with E-state index in [-0.39, 0.29) is 24.8 Å². The van der Waals surface area contributed by atoms with E-state index >= 15 is 0 Å². The Morgan fingerprint density at radius 3 is 2.67 bits per heavy atom. The Bertz CT molecular complexity index is 259. The van der Waals surface area contributed by atoms with Gasteiger partial charge in [0.15, 0.2) is 0 Å². The molecule has 0 aromatic heterocycles. The molecule has 0 saturated heterocycles.